The fourth-order valence-electron chi connectivity index (χ4n) is 1.42. The first-order valence-electron chi connectivity index (χ1n) is 6.28. The lowest BCUT2D eigenvalue weighted by molar-refractivity contribution is -0.125. The summed E-state index contributed by atoms with van der Waals surface area (Å²) in [6, 6.07) is 4.88. The minimum absolute atomic E-state index is 0.238. The van der Waals surface area contributed by atoms with Gasteiger partial charge in [0.05, 0.1) is 5.56 Å². The van der Waals surface area contributed by atoms with E-state index < -0.39 is 5.97 Å². The molecule has 5 nitrogen and oxygen atoms in total. The number of ether oxygens (including phenoxy) is 1. The molecular formula is C14H19BrN2O3. The van der Waals surface area contributed by atoms with E-state index in [9.17, 15) is 9.59 Å². The molecule has 0 heterocycles. The van der Waals surface area contributed by atoms with Crippen molar-refractivity contribution in [2.24, 2.45) is 0 Å². The Morgan fingerprint density at radius 2 is 2.05 bits per heavy atom. The largest absolute Gasteiger partial charge is 0.452 e. The lowest BCUT2D eigenvalue weighted by Gasteiger charge is -2.24. The molecule has 0 radical (unpaired) electrons. The van der Waals surface area contributed by atoms with Gasteiger partial charge in [0.2, 0.25) is 0 Å². The van der Waals surface area contributed by atoms with Crippen LogP contribution in [0, 0.1) is 0 Å². The van der Waals surface area contributed by atoms with Crippen LogP contribution in [0.2, 0.25) is 0 Å². The fourth-order valence-corrected chi connectivity index (χ4v) is 1.78. The number of halogens is 1. The van der Waals surface area contributed by atoms with Gasteiger partial charge < -0.3 is 15.8 Å². The average molecular weight is 343 g/mol. The molecule has 0 atom stereocenters. The molecule has 3 N–H and O–H groups in total. The van der Waals surface area contributed by atoms with Crippen LogP contribution >= 0.6 is 15.9 Å². The van der Waals surface area contributed by atoms with Crippen LogP contribution in [-0.2, 0) is 9.53 Å². The van der Waals surface area contributed by atoms with Gasteiger partial charge in [0.15, 0.2) is 6.61 Å². The van der Waals surface area contributed by atoms with Crippen LogP contribution in [0.3, 0.4) is 0 Å². The lowest BCUT2D eigenvalue weighted by atomic mass is 10.0. The molecule has 1 aromatic carbocycles. The van der Waals surface area contributed by atoms with Gasteiger partial charge in [0.25, 0.3) is 5.91 Å². The van der Waals surface area contributed by atoms with Crippen LogP contribution in [-0.4, -0.2) is 24.0 Å². The molecule has 0 spiro atoms. The van der Waals surface area contributed by atoms with E-state index in [2.05, 4.69) is 21.2 Å². The van der Waals surface area contributed by atoms with Crippen molar-refractivity contribution in [3.63, 3.8) is 0 Å². The van der Waals surface area contributed by atoms with Crippen molar-refractivity contribution in [1.82, 2.24) is 5.32 Å². The smallest absolute Gasteiger partial charge is 0.340 e. The number of carbonyl (C=O) groups excluding carboxylic acids is 2. The van der Waals surface area contributed by atoms with E-state index in [1.54, 1.807) is 18.2 Å². The molecule has 0 aromatic heterocycles. The van der Waals surface area contributed by atoms with E-state index in [1.165, 1.54) is 0 Å². The third-order valence-electron chi connectivity index (χ3n) is 2.93. The summed E-state index contributed by atoms with van der Waals surface area (Å²) in [7, 11) is 0. The maximum absolute atomic E-state index is 11.9. The molecule has 0 saturated carbocycles. The molecule has 0 aliphatic rings. The van der Waals surface area contributed by atoms with Crippen LogP contribution in [0.15, 0.2) is 22.7 Å². The first kappa shape index (κ1) is 16.5. The molecule has 1 rings (SSSR count). The number of anilines is 1. The van der Waals surface area contributed by atoms with E-state index >= 15 is 0 Å². The van der Waals surface area contributed by atoms with E-state index in [1.807, 2.05) is 20.8 Å². The van der Waals surface area contributed by atoms with Gasteiger partial charge >= 0.3 is 5.97 Å². The Balaban J connectivity index is 2.60. The standard InChI is InChI=1S/C14H19BrN2O3/c1-4-14(2,3)17-12(18)8-20-13(19)10-7-9(15)5-6-11(10)16/h5-7H,4,8,16H2,1-3H3,(H,17,18). The summed E-state index contributed by atoms with van der Waals surface area (Å²) in [5.41, 5.74) is 5.93. The topological polar surface area (TPSA) is 81.4 Å². The second-order valence-electron chi connectivity index (χ2n) is 5.09. The average Bonchev–Trinajstić information content (AvgIpc) is 2.38. The molecule has 1 amide bonds. The predicted octanol–water partition coefficient (Wildman–Crippen LogP) is 2.49. The summed E-state index contributed by atoms with van der Waals surface area (Å²) in [6.07, 6.45) is 0.783. The first-order valence-corrected chi connectivity index (χ1v) is 7.07. The van der Waals surface area contributed by atoms with Crippen LogP contribution in [0.4, 0.5) is 5.69 Å². The highest BCUT2D eigenvalue weighted by atomic mass is 79.9. The summed E-state index contributed by atoms with van der Waals surface area (Å²) >= 11 is 3.25. The number of hydrogen-bond donors (Lipinski definition) is 2. The second kappa shape index (κ2) is 6.74. The zero-order chi connectivity index (χ0) is 15.3. The van der Waals surface area contributed by atoms with Crippen LogP contribution in [0.25, 0.3) is 0 Å². The van der Waals surface area contributed by atoms with Crippen molar-refractivity contribution in [3.05, 3.63) is 28.2 Å². The molecule has 20 heavy (non-hydrogen) atoms. The quantitative estimate of drug-likeness (QED) is 0.636. The normalized spacial score (nSPS) is 11.0. The Morgan fingerprint density at radius 3 is 2.65 bits per heavy atom. The van der Waals surface area contributed by atoms with Crippen molar-refractivity contribution in [2.75, 3.05) is 12.3 Å². The van der Waals surface area contributed by atoms with Crippen LogP contribution in [0.5, 0.6) is 0 Å². The summed E-state index contributed by atoms with van der Waals surface area (Å²) < 4.78 is 5.68. The minimum Gasteiger partial charge on any atom is -0.452 e. The highest BCUT2D eigenvalue weighted by Gasteiger charge is 2.19. The van der Waals surface area contributed by atoms with Gasteiger partial charge in [-0.3, -0.25) is 4.79 Å². The van der Waals surface area contributed by atoms with Crippen LogP contribution < -0.4 is 11.1 Å². The number of carbonyl (C=O) groups is 2. The van der Waals surface area contributed by atoms with Gasteiger partial charge in [-0.2, -0.15) is 0 Å². The maximum Gasteiger partial charge on any atom is 0.340 e. The van der Waals surface area contributed by atoms with Crippen molar-refractivity contribution < 1.29 is 14.3 Å². The lowest BCUT2D eigenvalue weighted by Crippen LogP contribution is -2.44. The molecule has 0 fully saturated rings. The minimum atomic E-state index is -0.617. The summed E-state index contributed by atoms with van der Waals surface area (Å²) in [6.45, 7) is 5.45. The number of amides is 1. The third-order valence-corrected chi connectivity index (χ3v) is 3.42. The Labute approximate surface area is 127 Å². The summed E-state index contributed by atoms with van der Waals surface area (Å²) in [5, 5.41) is 2.78. The fraction of sp³-hybridized carbons (Fsp3) is 0.429. The molecule has 0 bridgehead atoms. The molecule has 0 saturated heterocycles. The number of esters is 1. The van der Waals surface area contributed by atoms with Gasteiger partial charge in [-0.1, -0.05) is 22.9 Å². The number of benzene rings is 1. The Kier molecular flexibility index (Phi) is 5.56. The Bertz CT molecular complexity index is 515. The van der Waals surface area contributed by atoms with Gasteiger partial charge in [-0.15, -0.1) is 0 Å². The van der Waals surface area contributed by atoms with E-state index in [4.69, 9.17) is 10.5 Å². The van der Waals surface area contributed by atoms with Crippen molar-refractivity contribution in [1.29, 1.82) is 0 Å². The van der Waals surface area contributed by atoms with Crippen molar-refractivity contribution >= 4 is 33.5 Å². The van der Waals surface area contributed by atoms with Gasteiger partial charge in [-0.25, -0.2) is 4.79 Å². The van der Waals surface area contributed by atoms with E-state index in [0.717, 1.165) is 10.9 Å². The van der Waals surface area contributed by atoms with Gasteiger partial charge in [-0.05, 0) is 38.5 Å². The first-order chi connectivity index (χ1) is 9.25. The van der Waals surface area contributed by atoms with Gasteiger partial charge in [0.1, 0.15) is 0 Å². The molecule has 0 aliphatic carbocycles. The zero-order valence-corrected chi connectivity index (χ0v) is 13.4. The summed E-state index contributed by atoms with van der Waals surface area (Å²) in [5.74, 6) is -0.952. The Morgan fingerprint density at radius 1 is 1.40 bits per heavy atom. The predicted molar refractivity (Wildman–Crippen MR) is 81.3 cm³/mol. The SMILES string of the molecule is CCC(C)(C)NC(=O)COC(=O)c1cc(Br)ccc1N. The number of nitrogens with two attached hydrogens (primary N) is 1. The molecule has 1 aromatic rings. The zero-order valence-electron chi connectivity index (χ0n) is 11.8. The highest BCUT2D eigenvalue weighted by molar-refractivity contribution is 9.10. The molecule has 0 aliphatic heterocycles. The second-order valence-corrected chi connectivity index (χ2v) is 6.01. The van der Waals surface area contributed by atoms with E-state index in [0.29, 0.717) is 5.69 Å². The molecule has 6 heteroatoms. The summed E-state index contributed by atoms with van der Waals surface area (Å²) in [4.78, 5) is 23.5. The van der Waals surface area contributed by atoms with Crippen molar-refractivity contribution in [3.8, 4) is 0 Å². The monoisotopic (exact) mass is 342 g/mol. The number of nitrogen functional groups attached to an aromatic ring is 1. The number of hydrogen-bond acceptors (Lipinski definition) is 4. The number of nitrogens with one attached hydrogen (secondary N) is 1. The van der Waals surface area contributed by atoms with Crippen LogP contribution in [0.1, 0.15) is 37.6 Å². The number of rotatable bonds is 5. The molecular weight excluding hydrogens is 324 g/mol. The van der Waals surface area contributed by atoms with Crippen molar-refractivity contribution in [2.45, 2.75) is 32.7 Å². The molecule has 0 unspecified atom stereocenters. The molecule has 110 valence electrons. The Hall–Kier alpha value is -1.56. The van der Waals surface area contributed by atoms with E-state index in [-0.39, 0.29) is 23.6 Å². The highest BCUT2D eigenvalue weighted by Crippen LogP contribution is 2.19. The maximum atomic E-state index is 11.9. The van der Waals surface area contributed by atoms with Gasteiger partial charge in [0, 0.05) is 15.7 Å². The third kappa shape index (κ3) is 4.85.